The molecule has 5 saturated heterocycles. The molecule has 4 N–H and O–H groups in total. The second-order valence-corrected chi connectivity index (χ2v) is 20.6. The number of carbonyl (C=O) groups is 5. The van der Waals surface area contributed by atoms with Gasteiger partial charge in [0.05, 0.1) is 30.6 Å². The van der Waals surface area contributed by atoms with E-state index in [2.05, 4.69) is 35.7 Å². The molecule has 2 bridgehead atoms. The molecule has 1 saturated carbocycles. The van der Waals surface area contributed by atoms with Crippen LogP contribution in [0.4, 0.5) is 26.6 Å². The summed E-state index contributed by atoms with van der Waals surface area (Å²) in [6, 6.07) is 17.8. The molecule has 2 aromatic heterocycles. The van der Waals surface area contributed by atoms with Gasteiger partial charge in [-0.1, -0.05) is 12.1 Å². The number of anilines is 4. The minimum absolute atomic E-state index is 0.0144. The predicted octanol–water partition coefficient (Wildman–Crippen LogP) is 4.72. The van der Waals surface area contributed by atoms with Crippen molar-refractivity contribution in [2.75, 3.05) is 59.7 Å². The first kappa shape index (κ1) is 41.7. The van der Waals surface area contributed by atoms with E-state index >= 15 is 4.39 Å². The number of thiazole rings is 1. The highest BCUT2D eigenvalue weighted by molar-refractivity contribution is 7.13. The molecule has 1 atom stereocenters. The van der Waals surface area contributed by atoms with E-state index in [1.165, 1.54) is 22.3 Å². The third kappa shape index (κ3) is 7.14. The largest absolute Gasteiger partial charge is 0.389 e. The summed E-state index contributed by atoms with van der Waals surface area (Å²) in [6.07, 6.45) is 7.04. The molecule has 8 aliphatic rings. The molecule has 5 aromatic rings. The number of piperidine rings is 3. The number of halogens is 1. The maximum Gasteiger partial charge on any atom is 0.255 e. The van der Waals surface area contributed by atoms with Gasteiger partial charge < -0.3 is 34.6 Å². The van der Waals surface area contributed by atoms with Gasteiger partial charge in [0.2, 0.25) is 11.8 Å². The fourth-order valence-corrected chi connectivity index (χ4v) is 12.1. The number of nitrogens with zero attached hydrogens (tertiary/aromatic N) is 7. The lowest BCUT2D eigenvalue weighted by Gasteiger charge is -2.61. The zero-order valence-electron chi connectivity index (χ0n) is 36.7. The highest BCUT2D eigenvalue weighted by atomic mass is 32.1. The Hall–Kier alpha value is -6.66. The Morgan fingerprint density at radius 2 is 1.64 bits per heavy atom. The van der Waals surface area contributed by atoms with E-state index in [9.17, 15) is 29.1 Å². The van der Waals surface area contributed by atoms with E-state index in [0.717, 1.165) is 60.8 Å². The Balaban J connectivity index is 0.633. The number of hydrogen-bond donors (Lipinski definition) is 4. The first-order chi connectivity index (χ1) is 32.3. The Morgan fingerprint density at radius 1 is 0.910 bits per heavy atom. The van der Waals surface area contributed by atoms with Gasteiger partial charge in [0, 0.05) is 103 Å². The lowest BCUT2D eigenvalue weighted by atomic mass is 9.64. The molecule has 16 nitrogen and oxygen atoms in total. The second kappa shape index (κ2) is 15.4. The normalized spacial score (nSPS) is 23.5. The summed E-state index contributed by atoms with van der Waals surface area (Å²) in [7, 11) is 0. The molecule has 5 amide bonds. The number of aryl methyl sites for hydroxylation is 1. The van der Waals surface area contributed by atoms with Gasteiger partial charge in [-0.05, 0) is 98.2 Å². The topological polar surface area (TPSA) is 185 Å². The van der Waals surface area contributed by atoms with Crippen LogP contribution in [0.25, 0.3) is 11.1 Å². The number of aliphatic hydroxyl groups is 1. The van der Waals surface area contributed by atoms with Crippen LogP contribution in [0.15, 0.2) is 78.6 Å². The number of fused-ring (bicyclic) bond motifs is 4. The van der Waals surface area contributed by atoms with Gasteiger partial charge >= 0.3 is 0 Å². The first-order valence-electron chi connectivity index (χ1n) is 23.1. The second-order valence-electron chi connectivity index (χ2n) is 19.7. The van der Waals surface area contributed by atoms with Crippen molar-refractivity contribution in [3.05, 3.63) is 107 Å². The molecule has 1 aliphatic carbocycles. The van der Waals surface area contributed by atoms with E-state index in [0.29, 0.717) is 68.3 Å². The Morgan fingerprint density at radius 3 is 2.36 bits per heavy atom. The average molecular weight is 925 g/mol. The van der Waals surface area contributed by atoms with Gasteiger partial charge in [-0.15, -0.1) is 11.3 Å². The van der Waals surface area contributed by atoms with Crippen molar-refractivity contribution in [1.29, 1.82) is 0 Å². The highest BCUT2D eigenvalue weighted by Crippen LogP contribution is 2.46. The summed E-state index contributed by atoms with van der Waals surface area (Å²) in [4.78, 5) is 82.3. The van der Waals surface area contributed by atoms with Crippen molar-refractivity contribution in [3.8, 4) is 11.1 Å². The van der Waals surface area contributed by atoms with Crippen molar-refractivity contribution in [2.45, 2.75) is 75.2 Å². The van der Waals surface area contributed by atoms with E-state index < -0.39 is 34.8 Å². The molecule has 0 radical (unpaired) electrons. The van der Waals surface area contributed by atoms with Crippen LogP contribution in [-0.2, 0) is 38.7 Å². The number of imidazole rings is 1. The summed E-state index contributed by atoms with van der Waals surface area (Å²) >= 11 is 1.28. The van der Waals surface area contributed by atoms with E-state index in [-0.39, 0.29) is 53.1 Å². The molecular weight excluding hydrogens is 876 g/mol. The van der Waals surface area contributed by atoms with Gasteiger partial charge in [0.1, 0.15) is 11.4 Å². The SMILES string of the molecule is O=C1NC(=O)C2(Nc3ccc(N4CCC(O)(CC(=O)N5CC6(C5)CN(c5ccc(-c7cc(F)c8c(c7)C(=O)N(C(C(=O)Nc7nccs7)c7ncn9c7CCC9)C8)cc5)C6)CC4)cc3)CC1C2. The molecule has 1 unspecified atom stereocenters. The van der Waals surface area contributed by atoms with Gasteiger partial charge in [-0.25, -0.2) is 14.4 Å². The third-order valence-corrected chi connectivity index (χ3v) is 16.0. The molecule has 18 heteroatoms. The van der Waals surface area contributed by atoms with Crippen molar-refractivity contribution >= 4 is 63.1 Å². The van der Waals surface area contributed by atoms with Crippen LogP contribution in [-0.4, -0.2) is 109 Å². The number of imide groups is 1. The zero-order chi connectivity index (χ0) is 45.8. The molecule has 3 aromatic carbocycles. The number of benzene rings is 3. The van der Waals surface area contributed by atoms with Crippen LogP contribution >= 0.6 is 11.3 Å². The van der Waals surface area contributed by atoms with Gasteiger partial charge in [-0.2, -0.15) is 0 Å². The van der Waals surface area contributed by atoms with Gasteiger partial charge in [0.15, 0.2) is 11.2 Å². The maximum atomic E-state index is 16.0. The third-order valence-electron chi connectivity index (χ3n) is 15.3. The fraction of sp³-hybridized carbons (Fsp3) is 0.408. The molecule has 67 heavy (non-hydrogen) atoms. The molecule has 344 valence electrons. The summed E-state index contributed by atoms with van der Waals surface area (Å²) in [5.41, 5.74) is 4.30. The van der Waals surface area contributed by atoms with Crippen LogP contribution < -0.4 is 25.8 Å². The summed E-state index contributed by atoms with van der Waals surface area (Å²) in [5.74, 6) is -1.95. The summed E-state index contributed by atoms with van der Waals surface area (Å²) < 4.78 is 18.0. The maximum absolute atomic E-state index is 16.0. The standard InChI is InChI=1S/C49H49FN10O6S/c50-37-19-30(18-35-36(37)23-60(44(35)64)41(43(63)54-46-51-13-17-67-46)40-38-2-1-14-57(38)28-52-40)29-3-7-34(8-4-29)58-24-47(25-58)26-59(27-47)39(61)22-48(66)11-15-56(16-12-48)33-9-5-32(6-10-33)55-49-20-31(21-49)42(62)53-45(49)65/h3-10,13,17-19,28,31,41,55,66H,1-2,11-12,14-16,20-27H2,(H,51,54,63)(H,53,62,65). The molecule has 9 heterocycles. The van der Waals surface area contributed by atoms with Crippen LogP contribution in [0.1, 0.15) is 71.9 Å². The van der Waals surface area contributed by atoms with Crippen molar-refractivity contribution in [2.24, 2.45) is 11.3 Å². The highest BCUT2D eigenvalue weighted by Gasteiger charge is 2.58. The number of carbonyl (C=O) groups excluding carboxylic acids is 5. The van der Waals surface area contributed by atoms with E-state index in [1.807, 2.05) is 58.0 Å². The van der Waals surface area contributed by atoms with Crippen molar-refractivity contribution in [3.63, 3.8) is 0 Å². The van der Waals surface area contributed by atoms with Crippen molar-refractivity contribution in [1.82, 2.24) is 29.7 Å². The fourth-order valence-electron chi connectivity index (χ4n) is 11.5. The smallest absolute Gasteiger partial charge is 0.255 e. The van der Waals surface area contributed by atoms with Gasteiger partial charge in [0.25, 0.3) is 17.7 Å². The van der Waals surface area contributed by atoms with Crippen LogP contribution in [0.5, 0.6) is 0 Å². The van der Waals surface area contributed by atoms with Crippen LogP contribution in [0, 0.1) is 17.2 Å². The summed E-state index contributed by atoms with van der Waals surface area (Å²) in [6.45, 7) is 4.86. The lowest BCUT2D eigenvalue weighted by molar-refractivity contribution is -0.151. The van der Waals surface area contributed by atoms with Crippen molar-refractivity contribution < 1.29 is 33.5 Å². The monoisotopic (exact) mass is 924 g/mol. The molecule has 7 aliphatic heterocycles. The number of nitrogens with one attached hydrogen (secondary N) is 3. The first-order valence-corrected chi connectivity index (χ1v) is 23.9. The zero-order valence-corrected chi connectivity index (χ0v) is 37.5. The van der Waals surface area contributed by atoms with Gasteiger partial charge in [-0.3, -0.25) is 34.6 Å². The number of hydrogen-bond acceptors (Lipinski definition) is 12. The number of likely N-dealkylation sites (tertiary alicyclic amines) is 1. The predicted molar refractivity (Wildman–Crippen MR) is 247 cm³/mol. The average Bonchev–Trinajstić information content (AvgIpc) is 4.09. The lowest BCUT2D eigenvalue weighted by Crippen LogP contribution is -2.73. The Labute approximate surface area is 389 Å². The minimum atomic E-state index is -1.06. The molecule has 13 rings (SSSR count). The number of aromatic nitrogens is 3. The number of amides is 5. The quantitative estimate of drug-likeness (QED) is 0.135. The van der Waals surface area contributed by atoms with E-state index in [4.69, 9.17) is 0 Å². The molecular formula is C49H49FN10O6S. The van der Waals surface area contributed by atoms with Crippen LogP contribution in [0.2, 0.25) is 0 Å². The van der Waals surface area contributed by atoms with Crippen LogP contribution in [0.3, 0.4) is 0 Å². The minimum Gasteiger partial charge on any atom is -0.389 e. The Bertz CT molecular complexity index is 2840. The molecule has 6 fully saturated rings. The summed E-state index contributed by atoms with van der Waals surface area (Å²) in [5, 5.41) is 22.3. The Kier molecular flexibility index (Phi) is 9.63. The number of rotatable bonds is 11. The van der Waals surface area contributed by atoms with E-state index in [1.54, 1.807) is 24.0 Å². The molecule has 1 spiro atoms.